The first-order chi connectivity index (χ1) is 8.20. The third-order valence-corrected chi connectivity index (χ3v) is 4.34. The molecule has 3 atom stereocenters. The molecule has 0 aromatic heterocycles. The average Bonchev–Trinajstić information content (AvgIpc) is 2.76. The molecule has 2 rings (SSSR count). The van der Waals surface area contributed by atoms with Crippen molar-refractivity contribution in [1.29, 1.82) is 0 Å². The van der Waals surface area contributed by atoms with Crippen LogP contribution >= 0.6 is 0 Å². The smallest absolute Gasteiger partial charge is 0.0613 e. The monoisotopic (exact) mass is 240 g/mol. The van der Waals surface area contributed by atoms with E-state index in [1.807, 2.05) is 0 Å². The minimum Gasteiger partial charge on any atom is -0.378 e. The van der Waals surface area contributed by atoms with E-state index in [0.29, 0.717) is 12.1 Å². The molecule has 2 aliphatic heterocycles. The Morgan fingerprint density at radius 3 is 2.94 bits per heavy atom. The van der Waals surface area contributed by atoms with Crippen LogP contribution in [0.15, 0.2) is 0 Å². The molecule has 0 aromatic rings. The number of hydrogen-bond donors (Lipinski definition) is 1. The predicted octanol–water partition coefficient (Wildman–Crippen LogP) is 1.73. The maximum atomic E-state index is 5.79. The first kappa shape index (κ1) is 13.3. The zero-order valence-electron chi connectivity index (χ0n) is 11.6. The SMILES string of the molecule is CCC1OCCC1CN1CCNC(C(C)C)C1. The first-order valence-corrected chi connectivity index (χ1v) is 7.28. The molecule has 3 nitrogen and oxygen atoms in total. The van der Waals surface area contributed by atoms with E-state index in [1.165, 1.54) is 32.5 Å². The molecule has 3 unspecified atom stereocenters. The molecule has 2 fully saturated rings. The predicted molar refractivity (Wildman–Crippen MR) is 71.2 cm³/mol. The largest absolute Gasteiger partial charge is 0.378 e. The number of ether oxygens (including phenoxy) is 1. The van der Waals surface area contributed by atoms with Crippen LogP contribution in [0.3, 0.4) is 0 Å². The van der Waals surface area contributed by atoms with Gasteiger partial charge in [0.15, 0.2) is 0 Å². The summed E-state index contributed by atoms with van der Waals surface area (Å²) in [6.07, 6.45) is 2.95. The molecule has 0 spiro atoms. The molecule has 3 heteroatoms. The molecule has 0 radical (unpaired) electrons. The van der Waals surface area contributed by atoms with E-state index >= 15 is 0 Å². The van der Waals surface area contributed by atoms with Gasteiger partial charge in [-0.1, -0.05) is 20.8 Å². The van der Waals surface area contributed by atoms with Crippen LogP contribution < -0.4 is 5.32 Å². The molecule has 1 N–H and O–H groups in total. The third kappa shape index (κ3) is 3.43. The van der Waals surface area contributed by atoms with Crippen LogP contribution in [0.2, 0.25) is 0 Å². The summed E-state index contributed by atoms with van der Waals surface area (Å²) in [6, 6.07) is 0.672. The van der Waals surface area contributed by atoms with Gasteiger partial charge in [-0.15, -0.1) is 0 Å². The Morgan fingerprint density at radius 2 is 2.24 bits per heavy atom. The highest BCUT2D eigenvalue weighted by Crippen LogP contribution is 2.25. The maximum absolute atomic E-state index is 5.79. The first-order valence-electron chi connectivity index (χ1n) is 7.28. The van der Waals surface area contributed by atoms with Gasteiger partial charge in [0, 0.05) is 38.8 Å². The fourth-order valence-electron chi connectivity index (χ4n) is 3.14. The van der Waals surface area contributed by atoms with E-state index in [4.69, 9.17) is 4.74 Å². The Labute approximate surface area is 106 Å². The van der Waals surface area contributed by atoms with Crippen molar-refractivity contribution in [3.63, 3.8) is 0 Å². The second-order valence-electron chi connectivity index (χ2n) is 5.93. The quantitative estimate of drug-likeness (QED) is 0.810. The fourth-order valence-corrected chi connectivity index (χ4v) is 3.14. The van der Waals surface area contributed by atoms with Crippen LogP contribution in [0.5, 0.6) is 0 Å². The third-order valence-electron chi connectivity index (χ3n) is 4.34. The van der Waals surface area contributed by atoms with E-state index in [9.17, 15) is 0 Å². The lowest BCUT2D eigenvalue weighted by atomic mass is 9.96. The van der Waals surface area contributed by atoms with Crippen molar-refractivity contribution >= 4 is 0 Å². The molecule has 2 aliphatic rings. The second-order valence-corrected chi connectivity index (χ2v) is 5.93. The van der Waals surface area contributed by atoms with E-state index in [-0.39, 0.29) is 0 Å². The van der Waals surface area contributed by atoms with Crippen LogP contribution in [-0.4, -0.2) is 49.8 Å². The van der Waals surface area contributed by atoms with E-state index in [2.05, 4.69) is 31.0 Å². The van der Waals surface area contributed by atoms with E-state index in [1.54, 1.807) is 0 Å². The topological polar surface area (TPSA) is 24.5 Å². The molecule has 2 heterocycles. The Balaban J connectivity index is 1.82. The van der Waals surface area contributed by atoms with Crippen LogP contribution in [0.4, 0.5) is 0 Å². The molecular weight excluding hydrogens is 212 g/mol. The van der Waals surface area contributed by atoms with E-state index in [0.717, 1.165) is 25.0 Å². The number of nitrogens with one attached hydrogen (secondary N) is 1. The van der Waals surface area contributed by atoms with Crippen molar-refractivity contribution in [2.75, 3.05) is 32.8 Å². The summed E-state index contributed by atoms with van der Waals surface area (Å²) in [5.41, 5.74) is 0. The van der Waals surface area contributed by atoms with Gasteiger partial charge in [0.2, 0.25) is 0 Å². The van der Waals surface area contributed by atoms with Crippen molar-refractivity contribution in [1.82, 2.24) is 10.2 Å². The molecule has 0 aliphatic carbocycles. The van der Waals surface area contributed by atoms with Crippen LogP contribution in [0.25, 0.3) is 0 Å². The Bertz CT molecular complexity index is 232. The number of hydrogen-bond acceptors (Lipinski definition) is 3. The molecule has 2 saturated heterocycles. The normalized spacial score (nSPS) is 35.6. The number of nitrogens with zero attached hydrogens (tertiary/aromatic N) is 1. The van der Waals surface area contributed by atoms with Gasteiger partial charge >= 0.3 is 0 Å². The minimum atomic E-state index is 0.516. The average molecular weight is 240 g/mol. The lowest BCUT2D eigenvalue weighted by Gasteiger charge is -2.37. The van der Waals surface area contributed by atoms with Crippen molar-refractivity contribution in [2.24, 2.45) is 11.8 Å². The highest BCUT2D eigenvalue weighted by atomic mass is 16.5. The van der Waals surface area contributed by atoms with Gasteiger partial charge in [0.05, 0.1) is 6.10 Å². The number of piperazine rings is 1. The minimum absolute atomic E-state index is 0.516. The summed E-state index contributed by atoms with van der Waals surface area (Å²) < 4.78 is 5.79. The second kappa shape index (κ2) is 6.17. The van der Waals surface area contributed by atoms with Crippen LogP contribution in [-0.2, 0) is 4.74 Å². The van der Waals surface area contributed by atoms with E-state index < -0.39 is 0 Å². The zero-order chi connectivity index (χ0) is 12.3. The van der Waals surface area contributed by atoms with Gasteiger partial charge in [-0.3, -0.25) is 0 Å². The van der Waals surface area contributed by atoms with Gasteiger partial charge in [0.25, 0.3) is 0 Å². The molecular formula is C14H28N2O. The summed E-state index contributed by atoms with van der Waals surface area (Å²) in [7, 11) is 0. The summed E-state index contributed by atoms with van der Waals surface area (Å²) in [5, 5.41) is 3.63. The molecule has 17 heavy (non-hydrogen) atoms. The summed E-state index contributed by atoms with van der Waals surface area (Å²) in [4.78, 5) is 2.64. The van der Waals surface area contributed by atoms with Gasteiger partial charge in [0.1, 0.15) is 0 Å². The molecule has 0 saturated carbocycles. The highest BCUT2D eigenvalue weighted by molar-refractivity contribution is 4.84. The lowest BCUT2D eigenvalue weighted by Crippen LogP contribution is -2.54. The van der Waals surface area contributed by atoms with Crippen molar-refractivity contribution < 1.29 is 4.74 Å². The van der Waals surface area contributed by atoms with Crippen molar-refractivity contribution in [3.8, 4) is 0 Å². The van der Waals surface area contributed by atoms with Crippen molar-refractivity contribution in [3.05, 3.63) is 0 Å². The Kier molecular flexibility index (Phi) is 4.83. The standard InChI is InChI=1S/C14H28N2O/c1-4-14-12(5-8-17-14)9-16-7-6-15-13(10-16)11(2)3/h11-15H,4-10H2,1-3H3. The fraction of sp³-hybridized carbons (Fsp3) is 1.00. The molecule has 0 aromatic carbocycles. The van der Waals surface area contributed by atoms with Crippen molar-refractivity contribution in [2.45, 2.75) is 45.8 Å². The summed E-state index contributed by atoms with van der Waals surface area (Å²) in [5.74, 6) is 1.51. The highest BCUT2D eigenvalue weighted by Gasteiger charge is 2.30. The number of rotatable bonds is 4. The Hall–Kier alpha value is -0.120. The van der Waals surface area contributed by atoms with Gasteiger partial charge in [-0.2, -0.15) is 0 Å². The summed E-state index contributed by atoms with van der Waals surface area (Å²) >= 11 is 0. The molecule has 100 valence electrons. The maximum Gasteiger partial charge on any atom is 0.0613 e. The zero-order valence-corrected chi connectivity index (χ0v) is 11.6. The van der Waals surface area contributed by atoms with Crippen LogP contribution in [0, 0.1) is 11.8 Å². The molecule has 0 bridgehead atoms. The van der Waals surface area contributed by atoms with Gasteiger partial charge < -0.3 is 15.0 Å². The molecule has 0 amide bonds. The Morgan fingerprint density at radius 1 is 1.41 bits per heavy atom. The van der Waals surface area contributed by atoms with Gasteiger partial charge in [-0.05, 0) is 24.7 Å². The van der Waals surface area contributed by atoms with Crippen LogP contribution in [0.1, 0.15) is 33.6 Å². The summed E-state index contributed by atoms with van der Waals surface area (Å²) in [6.45, 7) is 12.7. The van der Waals surface area contributed by atoms with Gasteiger partial charge in [-0.25, -0.2) is 0 Å². The lowest BCUT2D eigenvalue weighted by molar-refractivity contribution is 0.0684.